The highest BCUT2D eigenvalue weighted by molar-refractivity contribution is 5.85. The Morgan fingerprint density at radius 2 is 1.61 bits per heavy atom. The number of hydrogen-bond donors (Lipinski definition) is 0. The number of alkyl halides is 3. The van der Waals surface area contributed by atoms with Crippen LogP contribution in [0.15, 0.2) is 61.3 Å². The molecular formula is C16H11ClF3N3. The summed E-state index contributed by atoms with van der Waals surface area (Å²) in [6, 6.07) is 8.63. The number of aromatic nitrogens is 3. The number of pyridine rings is 1. The van der Waals surface area contributed by atoms with Gasteiger partial charge in [-0.15, -0.1) is 12.4 Å². The van der Waals surface area contributed by atoms with Gasteiger partial charge in [-0.1, -0.05) is 12.1 Å². The topological polar surface area (TPSA) is 38.7 Å². The van der Waals surface area contributed by atoms with Gasteiger partial charge in [0.15, 0.2) is 0 Å². The summed E-state index contributed by atoms with van der Waals surface area (Å²) in [5, 5.41) is 0. The summed E-state index contributed by atoms with van der Waals surface area (Å²) >= 11 is 0. The molecule has 2 aromatic heterocycles. The molecule has 0 amide bonds. The summed E-state index contributed by atoms with van der Waals surface area (Å²) < 4.78 is 38.6. The zero-order valence-corrected chi connectivity index (χ0v) is 12.5. The summed E-state index contributed by atoms with van der Waals surface area (Å²) in [5.41, 5.74) is 1.60. The number of nitrogens with zero attached hydrogens (tertiary/aromatic N) is 3. The van der Waals surface area contributed by atoms with Crippen molar-refractivity contribution >= 4 is 12.4 Å². The third kappa shape index (κ3) is 3.65. The van der Waals surface area contributed by atoms with Crippen molar-refractivity contribution in [2.45, 2.75) is 6.18 Å². The second kappa shape index (κ2) is 6.75. The molecule has 7 heteroatoms. The Labute approximate surface area is 136 Å². The van der Waals surface area contributed by atoms with Crippen LogP contribution in [0.5, 0.6) is 0 Å². The van der Waals surface area contributed by atoms with E-state index in [9.17, 15) is 13.2 Å². The molecule has 0 aliphatic carbocycles. The number of rotatable bonds is 2. The lowest BCUT2D eigenvalue weighted by Crippen LogP contribution is -2.04. The lowest BCUT2D eigenvalue weighted by atomic mass is 10.00. The molecule has 0 unspecified atom stereocenters. The average Bonchev–Trinajstić information content (AvgIpc) is 2.55. The average molecular weight is 338 g/mol. The van der Waals surface area contributed by atoms with Crippen molar-refractivity contribution in [1.82, 2.24) is 15.0 Å². The molecule has 0 aliphatic rings. The van der Waals surface area contributed by atoms with Crippen molar-refractivity contribution in [2.24, 2.45) is 0 Å². The Kier molecular flexibility index (Phi) is 4.95. The van der Waals surface area contributed by atoms with E-state index in [4.69, 9.17) is 0 Å². The Bertz CT molecular complexity index is 792. The van der Waals surface area contributed by atoms with E-state index < -0.39 is 11.7 Å². The zero-order valence-electron chi connectivity index (χ0n) is 11.7. The minimum absolute atomic E-state index is 0. The molecule has 0 saturated carbocycles. The molecule has 0 fully saturated rings. The van der Waals surface area contributed by atoms with E-state index in [0.29, 0.717) is 16.8 Å². The van der Waals surface area contributed by atoms with Gasteiger partial charge in [-0.3, -0.25) is 4.98 Å². The Balaban J connectivity index is 0.00000192. The summed E-state index contributed by atoms with van der Waals surface area (Å²) in [6.07, 6.45) is 1.70. The number of halogens is 4. The van der Waals surface area contributed by atoms with E-state index >= 15 is 0 Å². The van der Waals surface area contributed by atoms with Crippen LogP contribution in [-0.2, 0) is 6.18 Å². The molecule has 1 aromatic carbocycles. The predicted octanol–water partition coefficient (Wildman–Crippen LogP) is 4.65. The van der Waals surface area contributed by atoms with Gasteiger partial charge in [-0.2, -0.15) is 13.2 Å². The van der Waals surface area contributed by atoms with Gasteiger partial charge >= 0.3 is 6.18 Å². The maximum atomic E-state index is 12.9. The summed E-state index contributed by atoms with van der Waals surface area (Å²) in [7, 11) is 0. The van der Waals surface area contributed by atoms with Crippen molar-refractivity contribution in [3.05, 3.63) is 66.9 Å². The van der Waals surface area contributed by atoms with Crippen LogP contribution in [0.2, 0.25) is 0 Å². The first-order valence-corrected chi connectivity index (χ1v) is 6.44. The van der Waals surface area contributed by atoms with Gasteiger partial charge in [0.1, 0.15) is 6.33 Å². The van der Waals surface area contributed by atoms with Crippen molar-refractivity contribution < 1.29 is 13.2 Å². The maximum Gasteiger partial charge on any atom is 0.416 e. The largest absolute Gasteiger partial charge is 0.416 e. The number of hydrogen-bond acceptors (Lipinski definition) is 3. The third-order valence-electron chi connectivity index (χ3n) is 3.17. The van der Waals surface area contributed by atoms with Gasteiger partial charge < -0.3 is 0 Å². The molecule has 0 radical (unpaired) electrons. The van der Waals surface area contributed by atoms with E-state index in [-0.39, 0.29) is 12.4 Å². The molecule has 0 atom stereocenters. The van der Waals surface area contributed by atoms with Gasteiger partial charge in [0.05, 0.1) is 11.3 Å². The second-order valence-electron chi connectivity index (χ2n) is 4.60. The molecule has 0 aliphatic heterocycles. The van der Waals surface area contributed by atoms with Gasteiger partial charge in [0.2, 0.25) is 0 Å². The summed E-state index contributed by atoms with van der Waals surface area (Å²) in [6.45, 7) is 0. The van der Waals surface area contributed by atoms with E-state index in [1.165, 1.54) is 18.6 Å². The predicted molar refractivity (Wildman–Crippen MR) is 82.9 cm³/mol. The van der Waals surface area contributed by atoms with Gasteiger partial charge in [-0.05, 0) is 29.8 Å². The highest BCUT2D eigenvalue weighted by atomic mass is 35.5. The van der Waals surface area contributed by atoms with Crippen LogP contribution in [0.1, 0.15) is 5.56 Å². The van der Waals surface area contributed by atoms with E-state index in [0.717, 1.165) is 17.7 Å². The Morgan fingerprint density at radius 3 is 2.30 bits per heavy atom. The highest BCUT2D eigenvalue weighted by Gasteiger charge is 2.30. The van der Waals surface area contributed by atoms with E-state index in [1.807, 2.05) is 0 Å². The summed E-state index contributed by atoms with van der Waals surface area (Å²) in [4.78, 5) is 12.1. The molecule has 3 aromatic rings. The fraction of sp³-hybridized carbons (Fsp3) is 0.0625. The van der Waals surface area contributed by atoms with Crippen LogP contribution in [0.25, 0.3) is 22.4 Å². The summed E-state index contributed by atoms with van der Waals surface area (Å²) in [5.74, 6) is 0. The van der Waals surface area contributed by atoms with Crippen molar-refractivity contribution in [3.8, 4) is 22.4 Å². The minimum atomic E-state index is -4.39. The quantitative estimate of drug-likeness (QED) is 0.683. The molecule has 0 saturated heterocycles. The van der Waals surface area contributed by atoms with Crippen LogP contribution in [0, 0.1) is 0 Å². The smallest absolute Gasteiger partial charge is 0.265 e. The Hall–Kier alpha value is -2.47. The van der Waals surface area contributed by atoms with E-state index in [2.05, 4.69) is 15.0 Å². The molecule has 23 heavy (non-hydrogen) atoms. The van der Waals surface area contributed by atoms with Crippen LogP contribution >= 0.6 is 12.4 Å². The minimum Gasteiger partial charge on any atom is -0.265 e. The fourth-order valence-corrected chi connectivity index (χ4v) is 2.14. The van der Waals surface area contributed by atoms with Gasteiger partial charge in [-0.25, -0.2) is 9.97 Å². The highest BCUT2D eigenvalue weighted by Crippen LogP contribution is 2.34. The second-order valence-corrected chi connectivity index (χ2v) is 4.60. The number of benzene rings is 1. The Morgan fingerprint density at radius 1 is 0.870 bits per heavy atom. The fourth-order valence-electron chi connectivity index (χ4n) is 2.14. The SMILES string of the molecule is Cl.FC(F)(F)c1cccc(-c2cncnc2-c2ccncc2)c1. The maximum absolute atomic E-state index is 12.9. The van der Waals surface area contributed by atoms with Gasteiger partial charge in [0, 0.05) is 29.7 Å². The molecule has 118 valence electrons. The first-order chi connectivity index (χ1) is 10.6. The molecule has 0 spiro atoms. The first-order valence-electron chi connectivity index (χ1n) is 6.44. The normalized spacial score (nSPS) is 10.9. The van der Waals surface area contributed by atoms with Crippen LogP contribution in [0.3, 0.4) is 0 Å². The lowest BCUT2D eigenvalue weighted by Gasteiger charge is -2.11. The van der Waals surface area contributed by atoms with Gasteiger partial charge in [0.25, 0.3) is 0 Å². The standard InChI is InChI=1S/C16H10F3N3.ClH/c17-16(18,19)13-3-1-2-12(8-13)14-9-21-10-22-15(14)11-4-6-20-7-5-11;/h1-10H;1H. The first kappa shape index (κ1) is 16.9. The monoisotopic (exact) mass is 337 g/mol. The van der Waals surface area contributed by atoms with Crippen molar-refractivity contribution in [2.75, 3.05) is 0 Å². The van der Waals surface area contributed by atoms with Crippen molar-refractivity contribution in [1.29, 1.82) is 0 Å². The molecule has 3 rings (SSSR count). The molecular weight excluding hydrogens is 327 g/mol. The molecule has 2 heterocycles. The molecule has 0 bridgehead atoms. The molecule has 3 nitrogen and oxygen atoms in total. The van der Waals surface area contributed by atoms with Crippen LogP contribution in [0.4, 0.5) is 13.2 Å². The van der Waals surface area contributed by atoms with Crippen LogP contribution in [-0.4, -0.2) is 15.0 Å². The van der Waals surface area contributed by atoms with E-state index in [1.54, 1.807) is 30.6 Å². The lowest BCUT2D eigenvalue weighted by molar-refractivity contribution is -0.137. The van der Waals surface area contributed by atoms with Crippen molar-refractivity contribution in [3.63, 3.8) is 0 Å². The molecule has 0 N–H and O–H groups in total. The van der Waals surface area contributed by atoms with Crippen LogP contribution < -0.4 is 0 Å². The third-order valence-corrected chi connectivity index (χ3v) is 3.17. The zero-order chi connectivity index (χ0) is 15.6.